The van der Waals surface area contributed by atoms with Gasteiger partial charge in [0.05, 0.1) is 17.8 Å². The molecule has 1 aromatic heterocycles. The number of nitrogens with zero attached hydrogens (tertiary/aromatic N) is 2. The van der Waals surface area contributed by atoms with Gasteiger partial charge in [0.1, 0.15) is 0 Å². The molecule has 1 N–H and O–H groups in total. The zero-order valence-corrected chi connectivity index (χ0v) is 13.6. The molecule has 1 saturated heterocycles. The fraction of sp³-hybridized carbons (Fsp3) is 0.571. The number of rotatable bonds is 4. The monoisotopic (exact) mass is 319 g/mol. The number of aromatic nitrogens is 1. The molecular formula is C14H23Cl2N3O. The first-order valence-corrected chi connectivity index (χ1v) is 6.58. The summed E-state index contributed by atoms with van der Waals surface area (Å²) in [6, 6.07) is 5.78. The van der Waals surface area contributed by atoms with Gasteiger partial charge in [-0.05, 0) is 37.9 Å². The molecule has 1 aromatic rings. The van der Waals surface area contributed by atoms with Crippen LogP contribution in [0.1, 0.15) is 31.9 Å². The minimum atomic E-state index is -0.344. The third-order valence-electron chi connectivity index (χ3n) is 3.73. The predicted molar refractivity (Wildman–Crippen MR) is 85.5 cm³/mol. The number of carbonyl (C=O) groups is 1. The Labute approximate surface area is 133 Å². The average molecular weight is 320 g/mol. The molecule has 0 radical (unpaired) electrons. The maximum Gasteiger partial charge on any atom is 0.242 e. The van der Waals surface area contributed by atoms with E-state index in [1.807, 2.05) is 25.2 Å². The third kappa shape index (κ3) is 4.08. The summed E-state index contributed by atoms with van der Waals surface area (Å²) in [5, 5.41) is 3.37. The van der Waals surface area contributed by atoms with E-state index >= 15 is 0 Å². The number of hydrogen-bond acceptors (Lipinski definition) is 3. The van der Waals surface area contributed by atoms with Gasteiger partial charge in [-0.3, -0.25) is 9.78 Å². The summed E-state index contributed by atoms with van der Waals surface area (Å²) in [5.41, 5.74) is 0.585. The highest BCUT2D eigenvalue weighted by Crippen LogP contribution is 2.25. The van der Waals surface area contributed by atoms with Gasteiger partial charge < -0.3 is 10.2 Å². The molecule has 6 heteroatoms. The fourth-order valence-electron chi connectivity index (χ4n) is 2.61. The van der Waals surface area contributed by atoms with Crippen LogP contribution in [0.3, 0.4) is 0 Å². The summed E-state index contributed by atoms with van der Waals surface area (Å²) in [7, 11) is 1.86. The average Bonchev–Trinajstić information content (AvgIpc) is 2.89. The second-order valence-electron chi connectivity index (χ2n) is 4.95. The largest absolute Gasteiger partial charge is 0.338 e. The van der Waals surface area contributed by atoms with Crippen LogP contribution < -0.4 is 5.32 Å². The van der Waals surface area contributed by atoms with E-state index in [4.69, 9.17) is 0 Å². The number of amides is 1. The van der Waals surface area contributed by atoms with E-state index in [1.54, 1.807) is 11.1 Å². The third-order valence-corrected chi connectivity index (χ3v) is 3.73. The Morgan fingerprint density at radius 2 is 2.20 bits per heavy atom. The van der Waals surface area contributed by atoms with E-state index in [1.165, 1.54) is 0 Å². The summed E-state index contributed by atoms with van der Waals surface area (Å²) in [6.45, 7) is 3.59. The van der Waals surface area contributed by atoms with Gasteiger partial charge in [0.2, 0.25) is 5.91 Å². The van der Waals surface area contributed by atoms with Gasteiger partial charge in [-0.1, -0.05) is 13.0 Å². The normalized spacial score (nSPS) is 20.7. The van der Waals surface area contributed by atoms with Crippen molar-refractivity contribution in [1.82, 2.24) is 15.2 Å². The van der Waals surface area contributed by atoms with E-state index < -0.39 is 0 Å². The summed E-state index contributed by atoms with van der Waals surface area (Å²) >= 11 is 0. The maximum atomic E-state index is 12.5. The molecule has 20 heavy (non-hydrogen) atoms. The van der Waals surface area contributed by atoms with Gasteiger partial charge in [-0.15, -0.1) is 24.8 Å². The number of pyridine rings is 1. The summed E-state index contributed by atoms with van der Waals surface area (Å²) in [4.78, 5) is 18.6. The topological polar surface area (TPSA) is 45.2 Å². The lowest BCUT2D eigenvalue weighted by Gasteiger charge is -2.31. The number of nitrogens with one attached hydrogen (secondary N) is 1. The van der Waals surface area contributed by atoms with Gasteiger partial charge in [-0.25, -0.2) is 0 Å². The van der Waals surface area contributed by atoms with E-state index in [2.05, 4.69) is 17.2 Å². The highest BCUT2D eigenvalue weighted by atomic mass is 35.5. The molecule has 2 rings (SSSR count). The van der Waals surface area contributed by atoms with Crippen LogP contribution in [0.4, 0.5) is 0 Å². The Morgan fingerprint density at radius 1 is 1.45 bits per heavy atom. The van der Waals surface area contributed by atoms with E-state index in [-0.39, 0.29) is 36.3 Å². The standard InChI is InChI=1S/C14H21N3O.2ClH/c1-3-14(8-6-10-16-14)13(18)17(2)11-12-7-4-5-9-15-12;;/h4-5,7,9,16H,3,6,8,10-11H2,1-2H3;2*1H. The molecule has 4 nitrogen and oxygen atoms in total. The highest BCUT2D eigenvalue weighted by Gasteiger charge is 2.40. The zero-order chi connectivity index (χ0) is 13.0. The summed E-state index contributed by atoms with van der Waals surface area (Å²) < 4.78 is 0. The molecule has 0 aliphatic carbocycles. The molecule has 1 fully saturated rings. The Bertz CT molecular complexity index is 408. The van der Waals surface area contributed by atoms with Crippen molar-refractivity contribution in [1.29, 1.82) is 0 Å². The van der Waals surface area contributed by atoms with Crippen LogP contribution in [0, 0.1) is 0 Å². The fourth-order valence-corrected chi connectivity index (χ4v) is 2.61. The van der Waals surface area contributed by atoms with Crippen LogP contribution in [0.15, 0.2) is 24.4 Å². The minimum absolute atomic E-state index is 0. The van der Waals surface area contributed by atoms with Crippen molar-refractivity contribution in [3.05, 3.63) is 30.1 Å². The molecule has 1 aliphatic heterocycles. The number of hydrogen-bond donors (Lipinski definition) is 1. The lowest BCUT2D eigenvalue weighted by Crippen LogP contribution is -2.53. The molecule has 114 valence electrons. The van der Waals surface area contributed by atoms with Crippen LogP contribution in [0.5, 0.6) is 0 Å². The Morgan fingerprint density at radius 3 is 2.70 bits per heavy atom. The molecule has 1 aliphatic rings. The smallest absolute Gasteiger partial charge is 0.242 e. The highest BCUT2D eigenvalue weighted by molar-refractivity contribution is 5.86. The van der Waals surface area contributed by atoms with E-state index in [9.17, 15) is 4.79 Å². The van der Waals surface area contributed by atoms with Crippen molar-refractivity contribution in [2.45, 2.75) is 38.3 Å². The number of halogens is 2. The van der Waals surface area contributed by atoms with Gasteiger partial charge >= 0.3 is 0 Å². The maximum absolute atomic E-state index is 12.5. The van der Waals surface area contributed by atoms with Crippen LogP contribution in [0.2, 0.25) is 0 Å². The summed E-state index contributed by atoms with van der Waals surface area (Å²) in [6.07, 6.45) is 4.63. The molecule has 0 spiro atoms. The van der Waals surface area contributed by atoms with Crippen LogP contribution in [-0.4, -0.2) is 34.9 Å². The first-order chi connectivity index (χ1) is 8.68. The van der Waals surface area contributed by atoms with Crippen LogP contribution in [-0.2, 0) is 11.3 Å². The van der Waals surface area contributed by atoms with Gasteiger partial charge in [0.25, 0.3) is 0 Å². The molecule has 0 aromatic carbocycles. The van der Waals surface area contributed by atoms with Gasteiger partial charge in [0, 0.05) is 13.2 Å². The molecule has 1 amide bonds. The number of carbonyl (C=O) groups excluding carboxylic acids is 1. The molecule has 1 atom stereocenters. The Hall–Kier alpha value is -0.840. The molecule has 2 heterocycles. The minimum Gasteiger partial charge on any atom is -0.338 e. The van der Waals surface area contributed by atoms with Crippen LogP contribution in [0.25, 0.3) is 0 Å². The molecular weight excluding hydrogens is 297 g/mol. The van der Waals surface area contributed by atoms with E-state index in [0.29, 0.717) is 6.54 Å². The van der Waals surface area contributed by atoms with Crippen molar-refractivity contribution in [3.63, 3.8) is 0 Å². The van der Waals surface area contributed by atoms with Crippen LogP contribution >= 0.6 is 24.8 Å². The lowest BCUT2D eigenvalue weighted by molar-refractivity contribution is -0.137. The number of likely N-dealkylation sites (N-methyl/N-ethyl adjacent to an activating group) is 1. The van der Waals surface area contributed by atoms with E-state index in [0.717, 1.165) is 31.5 Å². The Kier molecular flexibility index (Phi) is 8.09. The Balaban J connectivity index is 0.00000180. The van der Waals surface area contributed by atoms with Crippen molar-refractivity contribution < 1.29 is 4.79 Å². The van der Waals surface area contributed by atoms with Crippen molar-refractivity contribution in [2.24, 2.45) is 0 Å². The molecule has 0 saturated carbocycles. The van der Waals surface area contributed by atoms with Gasteiger partial charge in [0.15, 0.2) is 0 Å². The first-order valence-electron chi connectivity index (χ1n) is 6.58. The summed E-state index contributed by atoms with van der Waals surface area (Å²) in [5.74, 6) is 0.188. The van der Waals surface area contributed by atoms with Crippen molar-refractivity contribution in [3.8, 4) is 0 Å². The molecule has 1 unspecified atom stereocenters. The van der Waals surface area contributed by atoms with Gasteiger partial charge in [-0.2, -0.15) is 0 Å². The van der Waals surface area contributed by atoms with Crippen molar-refractivity contribution >= 4 is 30.7 Å². The molecule has 0 bridgehead atoms. The predicted octanol–water partition coefficient (Wildman–Crippen LogP) is 2.42. The zero-order valence-electron chi connectivity index (χ0n) is 12.0. The second kappa shape index (κ2) is 8.45. The second-order valence-corrected chi connectivity index (χ2v) is 4.95. The van der Waals surface area contributed by atoms with Crippen molar-refractivity contribution in [2.75, 3.05) is 13.6 Å². The SMILES string of the molecule is CCC1(C(=O)N(C)Cc2ccccn2)CCCN1.Cl.Cl. The lowest BCUT2D eigenvalue weighted by atomic mass is 9.92. The first kappa shape index (κ1) is 19.2. The quantitative estimate of drug-likeness (QED) is 0.927.